The number of furan rings is 1. The average molecular weight is 608 g/mol. The normalized spacial score (nSPS) is 12.3. The van der Waals surface area contributed by atoms with E-state index in [-0.39, 0.29) is 18.1 Å². The number of carboxylic acid groups (broad SMARTS) is 1. The first kappa shape index (κ1) is 30.4. The predicted octanol–water partition coefficient (Wildman–Crippen LogP) is 9.64. The summed E-state index contributed by atoms with van der Waals surface area (Å²) in [5.74, 6) is -2.16. The first-order valence-electron chi connectivity index (χ1n) is 13.5. The van der Waals surface area contributed by atoms with Crippen molar-refractivity contribution >= 4 is 28.7 Å². The Morgan fingerprint density at radius 1 is 0.860 bits per heavy atom. The van der Waals surface area contributed by atoms with Gasteiger partial charge in [-0.05, 0) is 84.1 Å². The van der Waals surface area contributed by atoms with Crippen LogP contribution in [0.3, 0.4) is 0 Å². The lowest BCUT2D eigenvalue weighted by molar-refractivity contribution is -0.153. The highest BCUT2D eigenvalue weighted by Crippen LogP contribution is 2.38. The Kier molecular flexibility index (Phi) is 8.40. The van der Waals surface area contributed by atoms with Crippen LogP contribution in [0.2, 0.25) is 0 Å². The molecule has 1 heterocycles. The number of carbonyl (C=O) groups is 1. The van der Waals surface area contributed by atoms with Crippen LogP contribution in [0.4, 0.5) is 17.6 Å². The highest BCUT2D eigenvalue weighted by Gasteiger charge is 2.35. The second kappa shape index (κ2) is 11.9. The fraction of sp³-hybridized carbons (Fsp3) is 0.206. The lowest BCUT2D eigenvalue weighted by Crippen LogP contribution is -2.28. The van der Waals surface area contributed by atoms with Crippen molar-refractivity contribution in [3.05, 3.63) is 125 Å². The van der Waals surface area contributed by atoms with Gasteiger partial charge in [-0.2, -0.15) is 13.2 Å². The molecule has 0 saturated carbocycles. The van der Waals surface area contributed by atoms with E-state index in [0.717, 1.165) is 27.7 Å². The van der Waals surface area contributed by atoms with E-state index in [4.69, 9.17) is 4.42 Å². The van der Waals surface area contributed by atoms with Crippen molar-refractivity contribution in [3.8, 4) is 11.1 Å². The summed E-state index contributed by atoms with van der Waals surface area (Å²) in [5.41, 5.74) is 3.00. The Balaban J connectivity index is 1.45. The van der Waals surface area contributed by atoms with Crippen molar-refractivity contribution in [2.24, 2.45) is 0 Å². The summed E-state index contributed by atoms with van der Waals surface area (Å²) in [4.78, 5) is 12.6. The van der Waals surface area contributed by atoms with Gasteiger partial charge in [-0.25, -0.2) is 8.70 Å². The molecule has 0 saturated heterocycles. The number of hydrogen-bond donors (Lipinski definition) is 1. The quantitative estimate of drug-likeness (QED) is 0.134. The van der Waals surface area contributed by atoms with Gasteiger partial charge in [0.1, 0.15) is 11.6 Å². The molecule has 0 unspecified atom stereocenters. The van der Waals surface area contributed by atoms with Crippen LogP contribution in [-0.4, -0.2) is 15.4 Å². The summed E-state index contributed by atoms with van der Waals surface area (Å²) in [6.07, 6.45) is -4.59. The molecule has 0 aliphatic carbocycles. The van der Waals surface area contributed by atoms with Crippen LogP contribution in [0.5, 0.6) is 0 Å². The third-order valence-corrected chi connectivity index (χ3v) is 8.63. The Labute approximate surface area is 251 Å². The van der Waals surface area contributed by atoms with Crippen LogP contribution < -0.4 is 0 Å². The van der Waals surface area contributed by atoms with Gasteiger partial charge < -0.3 is 9.52 Å². The zero-order chi connectivity index (χ0) is 30.9. The highest BCUT2D eigenvalue weighted by atomic mass is 32.2. The molecule has 1 N–H and O–H groups in total. The fourth-order valence-electron chi connectivity index (χ4n) is 4.81. The summed E-state index contributed by atoms with van der Waals surface area (Å²) in [6, 6.07) is 25.9. The van der Waals surface area contributed by atoms with Crippen LogP contribution in [0, 0.1) is 12.7 Å². The summed E-state index contributed by atoms with van der Waals surface area (Å²) in [7, 11) is 0. The summed E-state index contributed by atoms with van der Waals surface area (Å²) >= 11 is 1.34. The minimum Gasteiger partial charge on any atom is -0.481 e. The van der Waals surface area contributed by atoms with E-state index in [1.807, 2.05) is 58.9 Å². The van der Waals surface area contributed by atoms with Gasteiger partial charge >= 0.3 is 12.1 Å². The minimum atomic E-state index is -4.59. The number of fused-ring (bicyclic) bond motifs is 1. The topological polar surface area (TPSA) is 53.7 Å². The molecule has 0 fully saturated rings. The van der Waals surface area contributed by atoms with Crippen LogP contribution in [-0.2, 0) is 29.5 Å². The van der Waals surface area contributed by atoms with Crippen LogP contribution in [0.1, 0.15) is 42.1 Å². The third-order valence-electron chi connectivity index (χ3n) is 7.39. The molecule has 4 aromatic carbocycles. The van der Waals surface area contributed by atoms with Crippen molar-refractivity contribution in [2.75, 3.05) is 0 Å². The largest absolute Gasteiger partial charge is 0.481 e. The molecule has 0 radical (unpaired) electrons. The van der Waals surface area contributed by atoms with E-state index in [1.54, 1.807) is 39.0 Å². The van der Waals surface area contributed by atoms with Crippen molar-refractivity contribution < 1.29 is 31.9 Å². The van der Waals surface area contributed by atoms with E-state index < -0.39 is 23.3 Å². The monoisotopic (exact) mass is 607 g/mol. The lowest BCUT2D eigenvalue weighted by Gasteiger charge is -2.23. The van der Waals surface area contributed by atoms with Gasteiger partial charge in [0.15, 0.2) is 0 Å². The first-order valence-corrected chi connectivity index (χ1v) is 14.3. The van der Waals surface area contributed by atoms with Gasteiger partial charge in [0.05, 0.1) is 12.0 Å². The molecule has 1 aromatic heterocycles. The maximum Gasteiger partial charge on any atom is 0.449 e. The molecule has 222 valence electrons. The molecule has 0 amide bonds. The van der Waals surface area contributed by atoms with Gasteiger partial charge in [-0.15, -0.1) is 0 Å². The first-order chi connectivity index (χ1) is 20.3. The number of benzene rings is 4. The van der Waals surface area contributed by atoms with E-state index >= 15 is 0 Å². The fourth-order valence-corrected chi connectivity index (χ4v) is 5.96. The maximum absolute atomic E-state index is 14.7. The van der Waals surface area contributed by atoms with Crippen LogP contribution in [0.25, 0.3) is 21.9 Å². The van der Waals surface area contributed by atoms with E-state index in [1.165, 1.54) is 24.1 Å². The molecule has 0 spiro atoms. The van der Waals surface area contributed by atoms with Crippen LogP contribution >= 0.6 is 11.9 Å². The van der Waals surface area contributed by atoms with Gasteiger partial charge in [0.2, 0.25) is 5.76 Å². The highest BCUT2D eigenvalue weighted by molar-refractivity contribution is 7.97. The van der Waals surface area contributed by atoms with Crippen molar-refractivity contribution in [3.63, 3.8) is 0 Å². The minimum absolute atomic E-state index is 0.0694. The van der Waals surface area contributed by atoms with E-state index in [2.05, 4.69) is 0 Å². The second-order valence-electron chi connectivity index (χ2n) is 10.9. The van der Waals surface area contributed by atoms with E-state index in [0.29, 0.717) is 28.4 Å². The Morgan fingerprint density at radius 3 is 2.21 bits per heavy atom. The number of hydrogen-bond acceptors (Lipinski definition) is 4. The van der Waals surface area contributed by atoms with Gasteiger partial charge in [-0.3, -0.25) is 4.79 Å². The number of alkyl halides is 3. The van der Waals surface area contributed by atoms with Crippen molar-refractivity contribution in [1.82, 2.24) is 4.31 Å². The molecule has 0 aliphatic rings. The molecule has 0 atom stereocenters. The van der Waals surface area contributed by atoms with Gasteiger partial charge in [-0.1, -0.05) is 72.8 Å². The van der Waals surface area contributed by atoms with Crippen molar-refractivity contribution in [2.45, 2.75) is 50.3 Å². The smallest absolute Gasteiger partial charge is 0.449 e. The average Bonchev–Trinajstić information content (AvgIpc) is 3.45. The molecule has 0 bridgehead atoms. The summed E-state index contributed by atoms with van der Waals surface area (Å²) in [6.45, 7) is 5.54. The SMILES string of the molecule is Cc1cc(F)c2ccccc2c1SN(Cc1ccc(-c2cccc(C(C)(C)C(=O)O)c2)cc1)Cc1ccc(C(F)(F)F)o1. The van der Waals surface area contributed by atoms with Crippen LogP contribution in [0.15, 0.2) is 100 Å². The maximum atomic E-state index is 14.7. The number of nitrogens with zero attached hydrogens (tertiary/aromatic N) is 1. The van der Waals surface area contributed by atoms with E-state index in [9.17, 15) is 27.5 Å². The Hall–Kier alpha value is -4.08. The molecular weight excluding hydrogens is 578 g/mol. The number of halogens is 4. The lowest BCUT2D eigenvalue weighted by atomic mass is 9.83. The molecule has 4 nitrogen and oxygen atoms in total. The molecular formula is C34H29F4NO3S. The number of carboxylic acids is 1. The standard InChI is InChI=1S/C34H29F4NO3S/c1-21-17-29(35)27-9-4-5-10-28(27)31(21)43-39(20-26-15-16-30(42-26)34(36,37)38)19-22-11-13-23(14-12-22)24-7-6-8-25(18-24)33(2,3)32(40)41/h4-18H,19-20H2,1-3H3,(H,40,41). The number of aryl methyl sites for hydroxylation is 1. The summed E-state index contributed by atoms with van der Waals surface area (Å²) < 4.78 is 61.4. The number of rotatable bonds is 9. The Bertz CT molecular complexity index is 1780. The summed E-state index contributed by atoms with van der Waals surface area (Å²) in [5, 5.41) is 10.8. The zero-order valence-electron chi connectivity index (χ0n) is 23.7. The van der Waals surface area contributed by atoms with Gasteiger partial charge in [0.25, 0.3) is 0 Å². The number of aliphatic carboxylic acids is 1. The Morgan fingerprint density at radius 2 is 1.56 bits per heavy atom. The molecule has 5 aromatic rings. The molecule has 43 heavy (non-hydrogen) atoms. The third kappa shape index (κ3) is 6.63. The molecule has 9 heteroatoms. The zero-order valence-corrected chi connectivity index (χ0v) is 24.5. The predicted molar refractivity (Wildman–Crippen MR) is 160 cm³/mol. The molecule has 0 aliphatic heterocycles. The van der Waals surface area contributed by atoms with Crippen molar-refractivity contribution in [1.29, 1.82) is 0 Å². The second-order valence-corrected chi connectivity index (χ2v) is 12.0. The molecule has 5 rings (SSSR count). The van der Waals surface area contributed by atoms with Gasteiger partial charge in [0, 0.05) is 16.8 Å².